The van der Waals surface area contributed by atoms with Gasteiger partial charge in [0.15, 0.2) is 0 Å². The molecule has 28 heavy (non-hydrogen) atoms. The van der Waals surface area contributed by atoms with Crippen LogP contribution in [0.1, 0.15) is 16.7 Å². The number of ether oxygens (including phenoxy) is 1. The van der Waals surface area contributed by atoms with Crippen LogP contribution in [0.4, 0.5) is 5.69 Å². The Bertz CT molecular complexity index is 1180. The molecule has 0 bridgehead atoms. The Balaban J connectivity index is 1.48. The van der Waals surface area contributed by atoms with Crippen LogP contribution >= 0.6 is 0 Å². The van der Waals surface area contributed by atoms with E-state index in [1.54, 1.807) is 0 Å². The van der Waals surface area contributed by atoms with E-state index in [1.165, 1.54) is 6.07 Å². The molecule has 0 saturated carbocycles. The smallest absolute Gasteiger partial charge is 0.336 e. The van der Waals surface area contributed by atoms with Crippen molar-refractivity contribution in [3.8, 4) is 5.75 Å². The highest BCUT2D eigenvalue weighted by Crippen LogP contribution is 2.21. The summed E-state index contributed by atoms with van der Waals surface area (Å²) in [6, 6.07) is 24.8. The largest absolute Gasteiger partial charge is 0.489 e. The van der Waals surface area contributed by atoms with E-state index in [4.69, 9.17) is 9.15 Å². The Kier molecular flexibility index (Phi) is 5.02. The molecule has 0 aliphatic rings. The molecule has 4 rings (SSSR count). The summed E-state index contributed by atoms with van der Waals surface area (Å²) >= 11 is 0. The van der Waals surface area contributed by atoms with Gasteiger partial charge in [0, 0.05) is 23.2 Å². The predicted octanol–water partition coefficient (Wildman–Crippen LogP) is 5.43. The van der Waals surface area contributed by atoms with Gasteiger partial charge in [0.2, 0.25) is 0 Å². The van der Waals surface area contributed by atoms with E-state index in [9.17, 15) is 4.79 Å². The average Bonchev–Trinajstić information content (AvgIpc) is 2.71. The molecule has 0 fully saturated rings. The molecule has 0 unspecified atom stereocenters. The first-order chi connectivity index (χ1) is 13.7. The number of hydrogen-bond acceptors (Lipinski definition) is 4. The van der Waals surface area contributed by atoms with Gasteiger partial charge in [-0.2, -0.15) is 0 Å². The zero-order chi connectivity index (χ0) is 19.3. The molecule has 0 atom stereocenters. The first-order valence-corrected chi connectivity index (χ1v) is 9.03. The number of benzene rings is 3. The number of hydrogen-bond donors (Lipinski definition) is 0. The van der Waals surface area contributed by atoms with Gasteiger partial charge >= 0.3 is 5.63 Å². The maximum Gasteiger partial charge on any atom is 0.336 e. The predicted molar refractivity (Wildman–Crippen MR) is 112 cm³/mol. The molecule has 0 saturated heterocycles. The van der Waals surface area contributed by atoms with Crippen LogP contribution in [0.3, 0.4) is 0 Å². The Morgan fingerprint density at radius 1 is 0.964 bits per heavy atom. The number of nitrogens with zero attached hydrogens (tertiary/aromatic N) is 1. The summed E-state index contributed by atoms with van der Waals surface area (Å²) in [6.45, 7) is 2.26. The number of fused-ring (bicyclic) bond motifs is 1. The summed E-state index contributed by atoms with van der Waals surface area (Å²) < 4.78 is 11.2. The van der Waals surface area contributed by atoms with Gasteiger partial charge in [0.1, 0.15) is 17.9 Å². The lowest BCUT2D eigenvalue weighted by Gasteiger charge is -2.09. The van der Waals surface area contributed by atoms with Crippen molar-refractivity contribution in [1.29, 1.82) is 0 Å². The van der Waals surface area contributed by atoms with Crippen LogP contribution in [0.5, 0.6) is 5.75 Å². The van der Waals surface area contributed by atoms with Crippen molar-refractivity contribution in [1.82, 2.24) is 0 Å². The van der Waals surface area contributed by atoms with Crippen LogP contribution in [0.25, 0.3) is 11.0 Å². The highest BCUT2D eigenvalue weighted by Gasteiger charge is 2.07. The minimum atomic E-state index is -0.371. The van der Waals surface area contributed by atoms with Crippen molar-refractivity contribution >= 4 is 22.9 Å². The summed E-state index contributed by atoms with van der Waals surface area (Å²) in [4.78, 5) is 16.3. The Labute approximate surface area is 162 Å². The average molecular weight is 369 g/mol. The highest BCUT2D eigenvalue weighted by molar-refractivity contribution is 5.82. The van der Waals surface area contributed by atoms with Gasteiger partial charge in [-0.3, -0.25) is 4.99 Å². The number of aliphatic imine (C=N–C) groups is 1. The first kappa shape index (κ1) is 17.7. The molecule has 1 heterocycles. The summed E-state index contributed by atoms with van der Waals surface area (Å²) in [5.41, 5.74) is 3.95. The van der Waals surface area contributed by atoms with Gasteiger partial charge in [-0.05, 0) is 60.5 Å². The first-order valence-electron chi connectivity index (χ1n) is 9.03. The zero-order valence-corrected chi connectivity index (χ0v) is 15.5. The molecule has 1 aromatic heterocycles. The van der Waals surface area contributed by atoms with Crippen molar-refractivity contribution in [2.24, 2.45) is 4.99 Å². The molecule has 0 aliphatic carbocycles. The van der Waals surface area contributed by atoms with E-state index in [-0.39, 0.29) is 5.63 Å². The molecule has 0 amide bonds. The molecular formula is C24H19NO3. The summed E-state index contributed by atoms with van der Waals surface area (Å²) in [5, 5.41) is 0.886. The van der Waals surface area contributed by atoms with E-state index in [0.717, 1.165) is 33.5 Å². The fraction of sp³-hybridized carbons (Fsp3) is 0.0833. The SMILES string of the molecule is Cc1ccc2c(COc3ccc(C=Nc4ccccc4)cc3)cc(=O)oc2c1. The van der Waals surface area contributed by atoms with Crippen LogP contribution in [0.15, 0.2) is 93.1 Å². The summed E-state index contributed by atoms with van der Waals surface area (Å²) in [7, 11) is 0. The van der Waals surface area contributed by atoms with Crippen LogP contribution in [-0.4, -0.2) is 6.21 Å². The molecule has 0 aliphatic heterocycles. The molecule has 3 aromatic carbocycles. The van der Waals surface area contributed by atoms with E-state index in [1.807, 2.05) is 85.9 Å². The fourth-order valence-electron chi connectivity index (χ4n) is 2.93. The Morgan fingerprint density at radius 2 is 1.75 bits per heavy atom. The lowest BCUT2D eigenvalue weighted by Crippen LogP contribution is -2.04. The van der Waals surface area contributed by atoms with Crippen molar-refractivity contribution in [2.45, 2.75) is 13.5 Å². The maximum absolute atomic E-state index is 11.8. The van der Waals surface area contributed by atoms with E-state index in [0.29, 0.717) is 12.2 Å². The summed E-state index contributed by atoms with van der Waals surface area (Å²) in [5.74, 6) is 0.727. The third kappa shape index (κ3) is 4.18. The van der Waals surface area contributed by atoms with Crippen molar-refractivity contribution in [2.75, 3.05) is 0 Å². The number of rotatable bonds is 5. The molecular weight excluding hydrogens is 350 g/mol. The molecule has 4 aromatic rings. The highest BCUT2D eigenvalue weighted by atomic mass is 16.5. The van der Waals surface area contributed by atoms with Crippen molar-refractivity contribution in [3.63, 3.8) is 0 Å². The van der Waals surface area contributed by atoms with E-state index >= 15 is 0 Å². The van der Waals surface area contributed by atoms with Crippen LogP contribution in [-0.2, 0) is 6.61 Å². The molecule has 4 heteroatoms. The Hall–Kier alpha value is -3.66. The van der Waals surface area contributed by atoms with Gasteiger partial charge in [0.05, 0.1) is 5.69 Å². The number of para-hydroxylation sites is 1. The maximum atomic E-state index is 11.8. The van der Waals surface area contributed by atoms with E-state index in [2.05, 4.69) is 4.99 Å². The van der Waals surface area contributed by atoms with Gasteiger partial charge in [-0.15, -0.1) is 0 Å². The van der Waals surface area contributed by atoms with Crippen molar-refractivity contribution in [3.05, 3.63) is 106 Å². The zero-order valence-electron chi connectivity index (χ0n) is 15.5. The summed E-state index contributed by atoms with van der Waals surface area (Å²) in [6.07, 6.45) is 1.82. The van der Waals surface area contributed by atoms with Crippen LogP contribution in [0, 0.1) is 6.92 Å². The molecule has 0 N–H and O–H groups in total. The molecule has 0 radical (unpaired) electrons. The quantitative estimate of drug-likeness (QED) is 0.348. The normalized spacial score (nSPS) is 11.2. The topological polar surface area (TPSA) is 51.8 Å². The van der Waals surface area contributed by atoms with E-state index < -0.39 is 0 Å². The monoisotopic (exact) mass is 369 g/mol. The van der Waals surface area contributed by atoms with Gasteiger partial charge in [-0.1, -0.05) is 30.3 Å². The lowest BCUT2D eigenvalue weighted by atomic mass is 10.1. The van der Waals surface area contributed by atoms with Crippen LogP contribution < -0.4 is 10.4 Å². The second-order valence-corrected chi connectivity index (χ2v) is 6.54. The fourth-order valence-corrected chi connectivity index (χ4v) is 2.93. The minimum absolute atomic E-state index is 0.294. The molecule has 0 spiro atoms. The third-order valence-corrected chi connectivity index (χ3v) is 4.38. The van der Waals surface area contributed by atoms with Gasteiger partial charge in [0.25, 0.3) is 0 Å². The third-order valence-electron chi connectivity index (χ3n) is 4.38. The Morgan fingerprint density at radius 3 is 2.54 bits per heavy atom. The molecule has 138 valence electrons. The second-order valence-electron chi connectivity index (χ2n) is 6.54. The second kappa shape index (κ2) is 7.92. The standard InChI is InChI=1S/C24H19NO3/c1-17-7-12-22-19(14-24(26)28-23(22)13-17)16-27-21-10-8-18(9-11-21)15-25-20-5-3-2-4-6-20/h2-15H,16H2,1H3. The van der Waals surface area contributed by atoms with Gasteiger partial charge < -0.3 is 9.15 Å². The molecule has 4 nitrogen and oxygen atoms in total. The minimum Gasteiger partial charge on any atom is -0.489 e. The lowest BCUT2D eigenvalue weighted by molar-refractivity contribution is 0.306. The van der Waals surface area contributed by atoms with Crippen molar-refractivity contribution < 1.29 is 9.15 Å². The van der Waals surface area contributed by atoms with Gasteiger partial charge in [-0.25, -0.2) is 4.79 Å². The van der Waals surface area contributed by atoms with Crippen LogP contribution in [0.2, 0.25) is 0 Å². The number of aryl methyl sites for hydroxylation is 1.